The summed E-state index contributed by atoms with van der Waals surface area (Å²) >= 11 is 0. The van der Waals surface area contributed by atoms with Crippen LogP contribution in [0.15, 0.2) is 18.3 Å². The summed E-state index contributed by atoms with van der Waals surface area (Å²) < 4.78 is 47.8. The fourth-order valence-electron chi connectivity index (χ4n) is 2.68. The molecule has 3 rings (SSSR count). The zero-order valence-electron chi connectivity index (χ0n) is 12.1. The van der Waals surface area contributed by atoms with E-state index in [0.717, 1.165) is 11.0 Å². The fourth-order valence-corrected chi connectivity index (χ4v) is 2.68. The Labute approximate surface area is 129 Å². The maximum atomic E-state index is 14.3. The van der Waals surface area contributed by atoms with E-state index >= 15 is 0 Å². The average molecular weight is 326 g/mol. The summed E-state index contributed by atoms with van der Waals surface area (Å²) in [6.45, 7) is 1.58. The molecular weight excluding hydrogens is 313 g/mol. The number of allylic oxidation sites excluding steroid dienone is 1. The summed E-state index contributed by atoms with van der Waals surface area (Å²) in [5.41, 5.74) is -1.08. The molecule has 23 heavy (non-hydrogen) atoms. The molecule has 2 aliphatic rings. The van der Waals surface area contributed by atoms with Crippen LogP contribution in [-0.2, 0) is 9.53 Å². The van der Waals surface area contributed by atoms with Gasteiger partial charge in [0.15, 0.2) is 17.4 Å². The van der Waals surface area contributed by atoms with Crippen molar-refractivity contribution in [2.24, 2.45) is 0 Å². The number of carbonyl (C=O) groups is 2. The first-order chi connectivity index (χ1) is 10.9. The van der Waals surface area contributed by atoms with E-state index in [1.807, 2.05) is 0 Å². The van der Waals surface area contributed by atoms with Gasteiger partial charge in [-0.1, -0.05) is 0 Å². The Morgan fingerprint density at radius 1 is 1.26 bits per heavy atom. The third-order valence-corrected chi connectivity index (χ3v) is 3.75. The summed E-state index contributed by atoms with van der Waals surface area (Å²) in [4.78, 5) is 23.8. The van der Waals surface area contributed by atoms with E-state index in [1.165, 1.54) is 12.3 Å². The van der Waals surface area contributed by atoms with Gasteiger partial charge in [-0.3, -0.25) is 9.69 Å². The van der Waals surface area contributed by atoms with Gasteiger partial charge in [-0.2, -0.15) is 0 Å². The van der Waals surface area contributed by atoms with Crippen LogP contribution < -0.4 is 10.2 Å². The highest BCUT2D eigenvalue weighted by Gasteiger charge is 2.35. The molecule has 8 heteroatoms. The van der Waals surface area contributed by atoms with Crippen molar-refractivity contribution in [2.45, 2.75) is 25.5 Å². The molecule has 1 fully saturated rings. The Balaban J connectivity index is 2.02. The van der Waals surface area contributed by atoms with Crippen molar-refractivity contribution in [3.05, 3.63) is 41.4 Å². The van der Waals surface area contributed by atoms with Gasteiger partial charge in [0.1, 0.15) is 11.9 Å². The van der Waals surface area contributed by atoms with Crippen LogP contribution in [0, 0.1) is 17.5 Å². The molecule has 0 bridgehead atoms. The molecule has 5 nitrogen and oxygen atoms in total. The second-order valence-electron chi connectivity index (χ2n) is 5.45. The van der Waals surface area contributed by atoms with Crippen LogP contribution >= 0.6 is 0 Å². The highest BCUT2D eigenvalue weighted by atomic mass is 19.2. The van der Waals surface area contributed by atoms with Crippen LogP contribution in [0.25, 0.3) is 0 Å². The second kappa shape index (κ2) is 5.60. The number of ketones is 1. The quantitative estimate of drug-likeness (QED) is 0.849. The third-order valence-electron chi connectivity index (χ3n) is 3.75. The minimum absolute atomic E-state index is 0.00309. The normalized spacial score (nSPS) is 23.9. The molecule has 0 spiro atoms. The number of hydrogen-bond donors (Lipinski definition) is 1. The smallest absolute Gasteiger partial charge is 0.414 e. The van der Waals surface area contributed by atoms with Crippen molar-refractivity contribution in [1.29, 1.82) is 0 Å². The molecule has 1 aromatic carbocycles. The zero-order valence-corrected chi connectivity index (χ0v) is 12.1. The first-order valence-corrected chi connectivity index (χ1v) is 6.99. The number of rotatable bonds is 2. The average Bonchev–Trinajstić information content (AvgIpc) is 2.82. The van der Waals surface area contributed by atoms with Gasteiger partial charge in [-0.25, -0.2) is 18.0 Å². The first kappa shape index (κ1) is 15.4. The summed E-state index contributed by atoms with van der Waals surface area (Å²) in [6.07, 6.45) is 0.943. The second-order valence-corrected chi connectivity index (χ2v) is 5.45. The number of cyclic esters (lactones) is 1. The Hall–Kier alpha value is -2.51. The monoisotopic (exact) mass is 326 g/mol. The molecule has 2 unspecified atom stereocenters. The van der Waals surface area contributed by atoms with Crippen LogP contribution in [0.1, 0.15) is 24.9 Å². The van der Waals surface area contributed by atoms with Gasteiger partial charge in [0.2, 0.25) is 0 Å². The summed E-state index contributed by atoms with van der Waals surface area (Å²) in [6, 6.07) is -0.252. The largest absolute Gasteiger partial charge is 0.444 e. The topological polar surface area (TPSA) is 58.6 Å². The van der Waals surface area contributed by atoms with E-state index in [0.29, 0.717) is 0 Å². The minimum Gasteiger partial charge on any atom is -0.444 e. The Bertz CT molecular complexity index is 720. The maximum absolute atomic E-state index is 14.3. The number of hydrogen-bond acceptors (Lipinski definition) is 4. The molecule has 1 aromatic rings. The van der Waals surface area contributed by atoms with E-state index in [2.05, 4.69) is 5.32 Å². The van der Waals surface area contributed by atoms with E-state index in [1.54, 1.807) is 6.92 Å². The van der Waals surface area contributed by atoms with Gasteiger partial charge in [0, 0.05) is 24.3 Å². The van der Waals surface area contributed by atoms with Crippen LogP contribution in [0.4, 0.5) is 23.7 Å². The van der Waals surface area contributed by atoms with Crippen LogP contribution in [0.5, 0.6) is 0 Å². The summed E-state index contributed by atoms with van der Waals surface area (Å²) in [5, 5.41) is 2.63. The first-order valence-electron chi connectivity index (χ1n) is 6.99. The molecule has 0 aromatic heterocycles. The van der Waals surface area contributed by atoms with Crippen molar-refractivity contribution >= 4 is 17.6 Å². The van der Waals surface area contributed by atoms with Crippen LogP contribution in [-0.4, -0.2) is 24.5 Å². The molecule has 0 radical (unpaired) electrons. The van der Waals surface area contributed by atoms with Gasteiger partial charge < -0.3 is 10.1 Å². The van der Waals surface area contributed by atoms with Crippen molar-refractivity contribution in [3.63, 3.8) is 0 Å². The van der Waals surface area contributed by atoms with Gasteiger partial charge in [-0.15, -0.1) is 0 Å². The number of anilines is 1. The van der Waals surface area contributed by atoms with Gasteiger partial charge >= 0.3 is 6.09 Å². The fraction of sp³-hybridized carbons (Fsp3) is 0.333. The van der Waals surface area contributed by atoms with E-state index in [4.69, 9.17) is 4.74 Å². The molecule has 2 heterocycles. The number of ether oxygens (including phenoxy) is 1. The molecule has 1 saturated heterocycles. The highest BCUT2D eigenvalue weighted by Crippen LogP contribution is 2.34. The predicted octanol–water partition coefficient (Wildman–Crippen LogP) is 2.57. The van der Waals surface area contributed by atoms with Gasteiger partial charge in [-0.05, 0) is 13.0 Å². The van der Waals surface area contributed by atoms with Gasteiger partial charge in [0.25, 0.3) is 0 Å². The molecule has 0 saturated carbocycles. The van der Waals surface area contributed by atoms with E-state index < -0.39 is 46.9 Å². The highest BCUT2D eigenvalue weighted by molar-refractivity contribution is 5.91. The van der Waals surface area contributed by atoms with Crippen molar-refractivity contribution in [3.8, 4) is 0 Å². The molecule has 1 amide bonds. The van der Waals surface area contributed by atoms with E-state index in [9.17, 15) is 22.8 Å². The predicted molar refractivity (Wildman–Crippen MR) is 74.2 cm³/mol. The van der Waals surface area contributed by atoms with Crippen molar-refractivity contribution in [2.75, 3.05) is 11.4 Å². The Kier molecular flexibility index (Phi) is 3.75. The van der Waals surface area contributed by atoms with Crippen LogP contribution in [0.2, 0.25) is 0 Å². The molecule has 2 aliphatic heterocycles. The number of nitrogens with one attached hydrogen (secondary N) is 1. The van der Waals surface area contributed by atoms with Crippen molar-refractivity contribution < 1.29 is 27.5 Å². The standard InChI is InChI=1S/C15H13F3N2O3/c1-7-6-20(15(22)23-7)11-5-9(16)12(14(18)13(11)17)10-4-8(21)2-3-19-10/h2-3,5,7,10,19H,4,6H2,1H3. The third kappa shape index (κ3) is 2.64. The lowest BCUT2D eigenvalue weighted by atomic mass is 9.97. The summed E-state index contributed by atoms with van der Waals surface area (Å²) in [5.74, 6) is -4.13. The SMILES string of the molecule is CC1CN(c2cc(F)c(C3CC(=O)C=CN3)c(F)c2F)C(=O)O1. The lowest BCUT2D eigenvalue weighted by Crippen LogP contribution is -2.28. The summed E-state index contributed by atoms with van der Waals surface area (Å²) in [7, 11) is 0. The number of amides is 1. The number of halogens is 3. The Morgan fingerprint density at radius 2 is 2.00 bits per heavy atom. The van der Waals surface area contributed by atoms with Gasteiger partial charge in [0.05, 0.1) is 18.3 Å². The number of carbonyl (C=O) groups excluding carboxylic acids is 2. The maximum Gasteiger partial charge on any atom is 0.414 e. The van der Waals surface area contributed by atoms with E-state index in [-0.39, 0.29) is 18.7 Å². The number of nitrogens with zero attached hydrogens (tertiary/aromatic N) is 1. The molecule has 0 aliphatic carbocycles. The number of benzene rings is 1. The molecule has 1 N–H and O–H groups in total. The molecule has 2 atom stereocenters. The Morgan fingerprint density at radius 3 is 2.61 bits per heavy atom. The zero-order chi connectivity index (χ0) is 16.7. The molecular formula is C15H13F3N2O3. The van der Waals surface area contributed by atoms with Crippen molar-refractivity contribution in [1.82, 2.24) is 5.32 Å². The lowest BCUT2D eigenvalue weighted by molar-refractivity contribution is -0.115. The minimum atomic E-state index is -1.42. The van der Waals surface area contributed by atoms with Crippen LogP contribution in [0.3, 0.4) is 0 Å². The molecule has 122 valence electrons. The lowest BCUT2D eigenvalue weighted by Gasteiger charge is -2.23.